The van der Waals surface area contributed by atoms with Gasteiger partial charge in [0.1, 0.15) is 6.04 Å². The lowest BCUT2D eigenvalue weighted by Gasteiger charge is -2.34. The molecule has 1 aromatic rings. The number of carbonyl (C=O) groups excluding carboxylic acids is 1. The third kappa shape index (κ3) is 3.35. The van der Waals surface area contributed by atoms with Crippen LogP contribution in [0.5, 0.6) is 0 Å². The Kier molecular flexibility index (Phi) is 4.97. The summed E-state index contributed by atoms with van der Waals surface area (Å²) in [6.07, 6.45) is 3.50. The van der Waals surface area contributed by atoms with Gasteiger partial charge in [-0.1, -0.05) is 24.6 Å². The van der Waals surface area contributed by atoms with Crippen molar-refractivity contribution in [1.29, 1.82) is 0 Å². The van der Waals surface area contributed by atoms with E-state index in [0.717, 1.165) is 37.9 Å². The van der Waals surface area contributed by atoms with Gasteiger partial charge < -0.3 is 4.90 Å². The zero-order chi connectivity index (χ0) is 17.3. The molecule has 5 nitrogen and oxygen atoms in total. The molecule has 0 spiro atoms. The molecule has 6 heteroatoms. The summed E-state index contributed by atoms with van der Waals surface area (Å²) < 4.78 is 27.3. The first-order valence-corrected chi connectivity index (χ1v) is 10.2. The Balaban J connectivity index is 1.82. The van der Waals surface area contributed by atoms with E-state index in [-0.39, 0.29) is 10.8 Å². The fraction of sp³-hybridized carbons (Fsp3) is 0.611. The lowest BCUT2D eigenvalue weighted by molar-refractivity contribution is -0.136. The van der Waals surface area contributed by atoms with E-state index < -0.39 is 16.1 Å². The van der Waals surface area contributed by atoms with Crippen LogP contribution < -0.4 is 0 Å². The molecule has 1 aromatic carbocycles. The quantitative estimate of drug-likeness (QED) is 0.841. The zero-order valence-corrected chi connectivity index (χ0v) is 15.3. The van der Waals surface area contributed by atoms with Crippen LogP contribution in [0.25, 0.3) is 0 Å². The average molecular weight is 350 g/mol. The Morgan fingerprint density at radius 3 is 2.42 bits per heavy atom. The number of nitrogens with zero attached hydrogens (tertiary/aromatic N) is 2. The van der Waals surface area contributed by atoms with Crippen LogP contribution in [-0.2, 0) is 14.8 Å². The molecule has 24 heavy (non-hydrogen) atoms. The molecule has 0 aromatic heterocycles. The number of piperidine rings is 1. The van der Waals surface area contributed by atoms with Gasteiger partial charge in [0.2, 0.25) is 15.9 Å². The van der Waals surface area contributed by atoms with Gasteiger partial charge in [-0.3, -0.25) is 4.79 Å². The first kappa shape index (κ1) is 17.4. The molecular weight excluding hydrogens is 324 g/mol. The Hall–Kier alpha value is -1.40. The van der Waals surface area contributed by atoms with Crippen LogP contribution >= 0.6 is 0 Å². The summed E-state index contributed by atoms with van der Waals surface area (Å²) in [5.41, 5.74) is 1.02. The largest absolute Gasteiger partial charge is 0.341 e. The van der Waals surface area contributed by atoms with Gasteiger partial charge in [0, 0.05) is 19.6 Å². The van der Waals surface area contributed by atoms with Crippen LogP contribution in [0.3, 0.4) is 0 Å². The highest BCUT2D eigenvalue weighted by Gasteiger charge is 2.41. The Bertz CT molecular complexity index is 699. The molecule has 2 saturated heterocycles. The number of rotatable bonds is 3. The van der Waals surface area contributed by atoms with Crippen molar-refractivity contribution in [1.82, 2.24) is 9.21 Å². The van der Waals surface area contributed by atoms with Crippen LogP contribution in [0, 0.1) is 12.8 Å². The van der Waals surface area contributed by atoms with Crippen molar-refractivity contribution in [3.63, 3.8) is 0 Å². The predicted molar refractivity (Wildman–Crippen MR) is 93.1 cm³/mol. The number of aryl methyl sites for hydroxylation is 1. The minimum atomic E-state index is -3.62. The molecule has 2 atom stereocenters. The zero-order valence-electron chi connectivity index (χ0n) is 14.4. The molecular formula is C18H26N2O3S. The maximum atomic E-state index is 13.0. The number of hydrogen-bond donors (Lipinski definition) is 0. The number of benzene rings is 1. The molecule has 2 aliphatic rings. The molecule has 132 valence electrons. The van der Waals surface area contributed by atoms with E-state index in [2.05, 4.69) is 6.92 Å². The minimum Gasteiger partial charge on any atom is -0.341 e. The van der Waals surface area contributed by atoms with E-state index in [1.807, 2.05) is 11.8 Å². The van der Waals surface area contributed by atoms with E-state index in [4.69, 9.17) is 0 Å². The van der Waals surface area contributed by atoms with E-state index in [9.17, 15) is 13.2 Å². The van der Waals surface area contributed by atoms with Gasteiger partial charge in [-0.2, -0.15) is 4.31 Å². The number of likely N-dealkylation sites (tertiary alicyclic amines) is 1. The molecule has 0 N–H and O–H groups in total. The van der Waals surface area contributed by atoms with Gasteiger partial charge in [0.25, 0.3) is 0 Å². The molecule has 0 saturated carbocycles. The van der Waals surface area contributed by atoms with Gasteiger partial charge in [0.05, 0.1) is 4.90 Å². The number of sulfonamides is 1. The normalized spacial score (nSPS) is 25.8. The second kappa shape index (κ2) is 6.84. The van der Waals surface area contributed by atoms with Crippen molar-refractivity contribution >= 4 is 15.9 Å². The monoisotopic (exact) mass is 350 g/mol. The molecule has 1 amide bonds. The smallest absolute Gasteiger partial charge is 0.243 e. The summed E-state index contributed by atoms with van der Waals surface area (Å²) >= 11 is 0. The number of amides is 1. The molecule has 2 aliphatic heterocycles. The molecule has 3 rings (SSSR count). The van der Waals surface area contributed by atoms with Crippen LogP contribution in [0.2, 0.25) is 0 Å². The van der Waals surface area contributed by atoms with E-state index in [1.54, 1.807) is 24.3 Å². The van der Waals surface area contributed by atoms with E-state index in [0.29, 0.717) is 18.9 Å². The summed E-state index contributed by atoms with van der Waals surface area (Å²) in [5, 5.41) is 0. The first-order valence-electron chi connectivity index (χ1n) is 8.77. The van der Waals surface area contributed by atoms with Gasteiger partial charge in [-0.15, -0.1) is 0 Å². The molecule has 0 aliphatic carbocycles. The summed E-state index contributed by atoms with van der Waals surface area (Å²) in [5.74, 6) is 0.473. The van der Waals surface area contributed by atoms with Crippen LogP contribution in [0.15, 0.2) is 29.2 Å². The lowest BCUT2D eigenvalue weighted by Crippen LogP contribution is -2.50. The highest BCUT2D eigenvalue weighted by atomic mass is 32.2. The highest BCUT2D eigenvalue weighted by molar-refractivity contribution is 7.89. The second-order valence-corrected chi connectivity index (χ2v) is 9.01. The van der Waals surface area contributed by atoms with Crippen molar-refractivity contribution in [2.75, 3.05) is 19.6 Å². The summed E-state index contributed by atoms with van der Waals surface area (Å²) in [6, 6.07) is 6.32. The Morgan fingerprint density at radius 2 is 1.75 bits per heavy atom. The first-order chi connectivity index (χ1) is 11.4. The molecule has 0 radical (unpaired) electrons. The van der Waals surface area contributed by atoms with Crippen molar-refractivity contribution < 1.29 is 13.2 Å². The van der Waals surface area contributed by atoms with Crippen molar-refractivity contribution in [3.05, 3.63) is 29.8 Å². The highest BCUT2D eigenvalue weighted by Crippen LogP contribution is 2.28. The summed E-state index contributed by atoms with van der Waals surface area (Å²) in [7, 11) is -3.62. The Morgan fingerprint density at radius 1 is 1.08 bits per heavy atom. The SMILES string of the molecule is Cc1ccc(S(=O)(=O)N2CCCC2C(=O)N2CCCC(C)C2)cc1. The van der Waals surface area contributed by atoms with Crippen LogP contribution in [-0.4, -0.2) is 49.2 Å². The van der Waals surface area contributed by atoms with Crippen LogP contribution in [0.1, 0.15) is 38.2 Å². The van der Waals surface area contributed by atoms with E-state index in [1.165, 1.54) is 4.31 Å². The topological polar surface area (TPSA) is 57.7 Å². The average Bonchev–Trinajstić information content (AvgIpc) is 3.05. The predicted octanol–water partition coefficient (Wildman–Crippen LogP) is 2.41. The standard InChI is InChI=1S/C18H26N2O3S/c1-14-7-9-16(10-8-14)24(22,23)20-12-4-6-17(20)18(21)19-11-3-5-15(2)13-19/h7-10,15,17H,3-6,11-13H2,1-2H3. The molecule has 0 bridgehead atoms. The van der Waals surface area contributed by atoms with Crippen molar-refractivity contribution in [2.24, 2.45) is 5.92 Å². The molecule has 2 heterocycles. The van der Waals surface area contributed by atoms with Gasteiger partial charge >= 0.3 is 0 Å². The van der Waals surface area contributed by atoms with Gasteiger partial charge in [0.15, 0.2) is 0 Å². The molecule has 2 unspecified atom stereocenters. The van der Waals surface area contributed by atoms with E-state index >= 15 is 0 Å². The number of carbonyl (C=O) groups is 1. The van der Waals surface area contributed by atoms with Gasteiger partial charge in [-0.05, 0) is 50.7 Å². The van der Waals surface area contributed by atoms with Gasteiger partial charge in [-0.25, -0.2) is 8.42 Å². The lowest BCUT2D eigenvalue weighted by atomic mass is 9.99. The number of hydrogen-bond acceptors (Lipinski definition) is 3. The minimum absolute atomic E-state index is 0.0188. The third-order valence-corrected chi connectivity index (χ3v) is 7.01. The fourth-order valence-corrected chi connectivity index (χ4v) is 5.37. The summed E-state index contributed by atoms with van der Waals surface area (Å²) in [6.45, 7) is 5.99. The maximum absolute atomic E-state index is 13.0. The Labute approximate surface area is 144 Å². The molecule has 2 fully saturated rings. The van der Waals surface area contributed by atoms with Crippen LogP contribution in [0.4, 0.5) is 0 Å². The maximum Gasteiger partial charge on any atom is 0.243 e. The second-order valence-electron chi connectivity index (χ2n) is 7.12. The van der Waals surface area contributed by atoms with Crippen molar-refractivity contribution in [2.45, 2.75) is 50.5 Å². The van der Waals surface area contributed by atoms with Crippen molar-refractivity contribution in [3.8, 4) is 0 Å². The fourth-order valence-electron chi connectivity index (χ4n) is 3.72. The third-order valence-electron chi connectivity index (χ3n) is 5.09. The summed E-state index contributed by atoms with van der Waals surface area (Å²) in [4.78, 5) is 15.0.